The molecule has 0 unspecified atom stereocenters. The number of nitrogens with one attached hydrogen (secondary N) is 1. The Morgan fingerprint density at radius 3 is 2.11 bits per heavy atom. The van der Waals surface area contributed by atoms with E-state index in [2.05, 4.69) is 10.5 Å². The number of rotatable bonds is 4. The molecular formula is C22H23Cl3N4O5S. The van der Waals surface area contributed by atoms with Gasteiger partial charge in [0.05, 0.1) is 16.4 Å². The Morgan fingerprint density at radius 1 is 0.971 bits per heavy atom. The maximum Gasteiger partial charge on any atom is 0.394 e. The van der Waals surface area contributed by atoms with Crippen molar-refractivity contribution in [2.24, 2.45) is 0 Å². The molecule has 1 aromatic heterocycles. The zero-order valence-corrected chi connectivity index (χ0v) is 21.7. The van der Waals surface area contributed by atoms with Crippen molar-refractivity contribution in [2.45, 2.75) is 26.2 Å². The van der Waals surface area contributed by atoms with Crippen LogP contribution >= 0.6 is 34.8 Å². The summed E-state index contributed by atoms with van der Waals surface area (Å²) in [5, 5.41) is 8.22. The highest BCUT2D eigenvalue weighted by Gasteiger charge is 2.24. The van der Waals surface area contributed by atoms with E-state index in [-0.39, 0.29) is 5.91 Å². The Bertz CT molecular complexity index is 1300. The third-order valence-electron chi connectivity index (χ3n) is 5.21. The van der Waals surface area contributed by atoms with Crippen molar-refractivity contribution >= 4 is 51.1 Å². The molecule has 3 N–H and O–H groups in total. The average molecular weight is 562 g/mol. The molecule has 1 aliphatic heterocycles. The molecule has 3 aromatic rings. The molecular weight excluding hydrogens is 539 g/mol. The first-order valence-electron chi connectivity index (χ1n) is 10.5. The van der Waals surface area contributed by atoms with Gasteiger partial charge in [-0.3, -0.25) is 19.3 Å². The Morgan fingerprint density at radius 2 is 1.54 bits per heavy atom. The predicted molar refractivity (Wildman–Crippen MR) is 136 cm³/mol. The van der Waals surface area contributed by atoms with Gasteiger partial charge in [-0.25, -0.2) is 9.69 Å². The third-order valence-corrected chi connectivity index (χ3v) is 6.00. The summed E-state index contributed by atoms with van der Waals surface area (Å²) in [5.74, 6) is -0.228. The van der Waals surface area contributed by atoms with Crippen LogP contribution in [0.4, 0.5) is 0 Å². The summed E-state index contributed by atoms with van der Waals surface area (Å²) in [5.41, 5.74) is 6.42. The molecule has 0 aliphatic carbocycles. The summed E-state index contributed by atoms with van der Waals surface area (Å²) < 4.78 is 33.3. The average Bonchev–Trinajstić information content (AvgIpc) is 3.11. The van der Waals surface area contributed by atoms with Crippen LogP contribution in [0.2, 0.25) is 15.1 Å². The highest BCUT2D eigenvalue weighted by atomic mass is 35.5. The lowest BCUT2D eigenvalue weighted by Crippen LogP contribution is -2.45. The minimum absolute atomic E-state index is 0.228. The van der Waals surface area contributed by atoms with Gasteiger partial charge >= 0.3 is 10.4 Å². The van der Waals surface area contributed by atoms with Crippen molar-refractivity contribution < 1.29 is 22.3 Å². The maximum absolute atomic E-state index is 13.1. The lowest BCUT2D eigenvalue weighted by Gasteiger charge is -2.26. The molecule has 13 heteroatoms. The fourth-order valence-electron chi connectivity index (χ4n) is 3.69. The molecule has 0 spiro atoms. The molecule has 0 bridgehead atoms. The number of carbonyl (C=O) groups excluding carboxylic acids is 1. The predicted octanol–water partition coefficient (Wildman–Crippen LogP) is 5.29. The van der Waals surface area contributed by atoms with Crippen LogP contribution in [0.3, 0.4) is 0 Å². The van der Waals surface area contributed by atoms with Crippen LogP contribution in [0.5, 0.6) is 0 Å². The Hall–Kier alpha value is -2.18. The SMILES string of the molecule is Cc1c(C(=O)NN2CCCCC2)nn(-c2ccc(Cl)cc2Cl)c1-c1ccc(Cl)cc1.O=S(=O)(O)O. The van der Waals surface area contributed by atoms with Gasteiger partial charge in [0.15, 0.2) is 5.69 Å². The molecule has 1 amide bonds. The van der Waals surface area contributed by atoms with Crippen LogP contribution in [-0.2, 0) is 10.4 Å². The molecule has 1 saturated heterocycles. The van der Waals surface area contributed by atoms with Crippen molar-refractivity contribution in [1.82, 2.24) is 20.2 Å². The number of carbonyl (C=O) groups is 1. The summed E-state index contributed by atoms with van der Waals surface area (Å²) in [6, 6.07) is 12.6. The fourth-order valence-corrected chi connectivity index (χ4v) is 4.30. The number of halogens is 3. The molecule has 4 rings (SSSR count). The van der Waals surface area contributed by atoms with Crippen molar-refractivity contribution in [3.05, 3.63) is 68.8 Å². The lowest BCUT2D eigenvalue weighted by atomic mass is 10.1. The summed E-state index contributed by atoms with van der Waals surface area (Å²) in [6.45, 7) is 3.58. The van der Waals surface area contributed by atoms with Crippen LogP contribution in [0, 0.1) is 6.92 Å². The number of hydrogen-bond donors (Lipinski definition) is 3. The first kappa shape index (κ1) is 27.4. The highest BCUT2D eigenvalue weighted by molar-refractivity contribution is 7.79. The normalized spacial score (nSPS) is 14.2. The van der Waals surface area contributed by atoms with Crippen molar-refractivity contribution in [3.8, 4) is 16.9 Å². The second kappa shape index (κ2) is 11.7. The van der Waals surface area contributed by atoms with E-state index in [4.69, 9.17) is 52.3 Å². The molecule has 2 aromatic carbocycles. The van der Waals surface area contributed by atoms with Crippen molar-refractivity contribution in [2.75, 3.05) is 13.1 Å². The molecule has 0 saturated carbocycles. The minimum Gasteiger partial charge on any atom is -0.283 e. The van der Waals surface area contributed by atoms with E-state index < -0.39 is 10.4 Å². The second-order valence-electron chi connectivity index (χ2n) is 7.77. The first-order valence-corrected chi connectivity index (χ1v) is 13.0. The topological polar surface area (TPSA) is 125 Å². The van der Waals surface area contributed by atoms with Crippen molar-refractivity contribution in [1.29, 1.82) is 0 Å². The summed E-state index contributed by atoms with van der Waals surface area (Å²) in [7, 11) is -4.67. The molecule has 0 atom stereocenters. The summed E-state index contributed by atoms with van der Waals surface area (Å²) >= 11 is 18.6. The smallest absolute Gasteiger partial charge is 0.283 e. The summed E-state index contributed by atoms with van der Waals surface area (Å²) in [4.78, 5) is 13.1. The van der Waals surface area contributed by atoms with Gasteiger partial charge in [-0.05, 0) is 50.1 Å². The molecule has 35 heavy (non-hydrogen) atoms. The molecule has 188 valence electrons. The number of nitrogens with zero attached hydrogens (tertiary/aromatic N) is 3. The molecule has 9 nitrogen and oxygen atoms in total. The first-order chi connectivity index (χ1) is 16.4. The highest BCUT2D eigenvalue weighted by Crippen LogP contribution is 2.33. The van der Waals surface area contributed by atoms with Gasteiger partial charge in [0, 0.05) is 34.3 Å². The molecule has 2 heterocycles. The molecule has 1 fully saturated rings. The number of hydrogen-bond acceptors (Lipinski definition) is 5. The summed E-state index contributed by atoms with van der Waals surface area (Å²) in [6.07, 6.45) is 3.34. The quantitative estimate of drug-likeness (QED) is 0.370. The van der Waals surface area contributed by atoms with Crippen LogP contribution < -0.4 is 5.43 Å². The van der Waals surface area contributed by atoms with Gasteiger partial charge in [-0.15, -0.1) is 0 Å². The van der Waals surface area contributed by atoms with Crippen LogP contribution in [0.1, 0.15) is 35.3 Å². The number of hydrazine groups is 1. The van der Waals surface area contributed by atoms with E-state index in [1.165, 1.54) is 6.42 Å². The van der Waals surface area contributed by atoms with Gasteiger partial charge in [-0.1, -0.05) is 53.4 Å². The van der Waals surface area contributed by atoms with E-state index in [9.17, 15) is 4.79 Å². The van der Waals surface area contributed by atoms with Crippen molar-refractivity contribution in [3.63, 3.8) is 0 Å². The minimum atomic E-state index is -4.67. The van der Waals surface area contributed by atoms with E-state index in [1.807, 2.05) is 36.2 Å². The van der Waals surface area contributed by atoms with Crippen LogP contribution in [0.25, 0.3) is 16.9 Å². The largest absolute Gasteiger partial charge is 0.394 e. The molecule has 0 radical (unpaired) electrons. The van der Waals surface area contributed by atoms with Gasteiger partial charge in [0.1, 0.15) is 0 Å². The van der Waals surface area contributed by atoms with E-state index in [1.54, 1.807) is 22.9 Å². The van der Waals surface area contributed by atoms with E-state index >= 15 is 0 Å². The second-order valence-corrected chi connectivity index (χ2v) is 9.95. The van der Waals surface area contributed by atoms with Gasteiger partial charge in [0.2, 0.25) is 0 Å². The van der Waals surface area contributed by atoms with Gasteiger partial charge < -0.3 is 0 Å². The number of aromatic nitrogens is 2. The van der Waals surface area contributed by atoms with Gasteiger partial charge in [0.25, 0.3) is 5.91 Å². The Balaban J connectivity index is 0.000000623. The number of amides is 1. The van der Waals surface area contributed by atoms with E-state index in [0.717, 1.165) is 42.8 Å². The lowest BCUT2D eigenvalue weighted by molar-refractivity contribution is 0.0743. The third kappa shape index (κ3) is 7.65. The van der Waals surface area contributed by atoms with Crippen LogP contribution in [-0.4, -0.2) is 51.3 Å². The number of piperidine rings is 1. The van der Waals surface area contributed by atoms with Crippen LogP contribution in [0.15, 0.2) is 42.5 Å². The van der Waals surface area contributed by atoms with Gasteiger partial charge in [-0.2, -0.15) is 13.5 Å². The monoisotopic (exact) mass is 560 g/mol. The zero-order valence-electron chi connectivity index (χ0n) is 18.6. The standard InChI is InChI=1S/C22H21Cl3N4O.H2O4S/c1-14-20(22(30)27-28-11-3-2-4-12-28)26-29(19-10-9-17(24)13-18(19)25)21(14)15-5-7-16(23)8-6-15;1-5(2,3)4/h5-10,13H,2-4,11-12H2,1H3,(H,27,30);(H2,1,2,3,4). The molecule has 1 aliphatic rings. The maximum atomic E-state index is 13.1. The fraction of sp³-hybridized carbons (Fsp3) is 0.273. The Kier molecular flexibility index (Phi) is 9.16. The Labute approximate surface area is 218 Å². The van der Waals surface area contributed by atoms with E-state index in [0.29, 0.717) is 26.4 Å². The number of benzene rings is 2. The zero-order chi connectivity index (χ0) is 25.8.